The summed E-state index contributed by atoms with van der Waals surface area (Å²) in [4.78, 5) is 28.8. The van der Waals surface area contributed by atoms with Crippen molar-refractivity contribution in [3.8, 4) is 11.1 Å². The second-order valence-electron chi connectivity index (χ2n) is 9.56. The van der Waals surface area contributed by atoms with Crippen molar-refractivity contribution in [2.75, 3.05) is 14.2 Å². The van der Waals surface area contributed by atoms with E-state index >= 15 is 0 Å². The van der Waals surface area contributed by atoms with E-state index in [1.165, 1.54) is 14.2 Å². The lowest BCUT2D eigenvalue weighted by molar-refractivity contribution is -0.161. The van der Waals surface area contributed by atoms with Crippen LogP contribution < -0.4 is 0 Å². The van der Waals surface area contributed by atoms with Gasteiger partial charge in [-0.3, -0.25) is 14.5 Å². The Hall–Kier alpha value is -4.22. The van der Waals surface area contributed by atoms with Crippen molar-refractivity contribution in [3.63, 3.8) is 0 Å². The van der Waals surface area contributed by atoms with Gasteiger partial charge < -0.3 is 9.47 Å². The standard InChI is InChI=1S/C33H31NO4/c1-23(31(35)37-2)30(32(36)38-3)34(22-24-14-6-4-7-15-24)33(25-16-8-5-9-17-25)28-20-12-10-18-26(28)27-19-11-13-21-29(27)33/h4-21,23,30H,22H2,1-3H3. The molecule has 0 heterocycles. The summed E-state index contributed by atoms with van der Waals surface area (Å²) in [6.45, 7) is 2.12. The molecule has 4 aromatic rings. The summed E-state index contributed by atoms with van der Waals surface area (Å²) in [7, 11) is 2.72. The van der Waals surface area contributed by atoms with Crippen LogP contribution in [0, 0.1) is 5.92 Å². The third-order valence-corrected chi connectivity index (χ3v) is 7.57. The molecule has 38 heavy (non-hydrogen) atoms. The maximum absolute atomic E-state index is 13.7. The summed E-state index contributed by atoms with van der Waals surface area (Å²) < 4.78 is 10.5. The van der Waals surface area contributed by atoms with Crippen LogP contribution in [0.1, 0.15) is 29.2 Å². The third-order valence-electron chi connectivity index (χ3n) is 7.57. The third kappa shape index (κ3) is 4.09. The maximum Gasteiger partial charge on any atom is 0.324 e. The Morgan fingerprint density at radius 3 is 1.68 bits per heavy atom. The minimum atomic E-state index is -0.938. The van der Waals surface area contributed by atoms with Crippen molar-refractivity contribution < 1.29 is 19.1 Å². The van der Waals surface area contributed by atoms with Gasteiger partial charge in [-0.25, -0.2) is 0 Å². The quantitative estimate of drug-likeness (QED) is 0.283. The molecule has 0 aromatic heterocycles. The molecule has 0 amide bonds. The normalized spacial score (nSPS) is 14.7. The molecule has 0 radical (unpaired) electrons. The molecule has 0 bridgehead atoms. The van der Waals surface area contributed by atoms with Crippen molar-refractivity contribution in [1.29, 1.82) is 0 Å². The molecule has 5 heteroatoms. The Bertz CT molecular complexity index is 1390. The summed E-state index contributed by atoms with van der Waals surface area (Å²) in [6, 6.07) is 35.9. The first-order valence-corrected chi connectivity index (χ1v) is 12.7. The second-order valence-corrected chi connectivity index (χ2v) is 9.56. The van der Waals surface area contributed by atoms with Crippen LogP contribution in [0.25, 0.3) is 11.1 Å². The van der Waals surface area contributed by atoms with Crippen molar-refractivity contribution in [3.05, 3.63) is 131 Å². The average molecular weight is 506 g/mol. The summed E-state index contributed by atoms with van der Waals surface area (Å²) in [5, 5.41) is 0. The average Bonchev–Trinajstić information content (AvgIpc) is 3.28. The molecule has 192 valence electrons. The minimum Gasteiger partial charge on any atom is -0.469 e. The smallest absolute Gasteiger partial charge is 0.324 e. The van der Waals surface area contributed by atoms with Crippen LogP contribution in [0.5, 0.6) is 0 Å². The molecule has 2 atom stereocenters. The van der Waals surface area contributed by atoms with Gasteiger partial charge in [-0.1, -0.05) is 109 Å². The summed E-state index contributed by atoms with van der Waals surface area (Å²) in [5.74, 6) is -1.76. The highest BCUT2D eigenvalue weighted by Crippen LogP contribution is 2.55. The van der Waals surface area contributed by atoms with E-state index in [1.54, 1.807) is 6.92 Å². The molecule has 5 nitrogen and oxygen atoms in total. The summed E-state index contributed by atoms with van der Waals surface area (Å²) in [5.41, 5.74) is 5.42. The van der Waals surface area contributed by atoms with Gasteiger partial charge >= 0.3 is 11.9 Å². The van der Waals surface area contributed by atoms with Crippen LogP contribution in [0.3, 0.4) is 0 Å². The Labute approximate surface area is 223 Å². The Kier molecular flexibility index (Phi) is 7.12. The molecule has 4 aromatic carbocycles. The van der Waals surface area contributed by atoms with E-state index in [0.717, 1.165) is 33.4 Å². The number of fused-ring (bicyclic) bond motifs is 3. The Balaban J connectivity index is 1.89. The fraction of sp³-hybridized carbons (Fsp3) is 0.212. The van der Waals surface area contributed by atoms with Gasteiger partial charge in [0.05, 0.1) is 25.7 Å². The number of benzene rings is 4. The maximum atomic E-state index is 13.7. The number of esters is 2. The van der Waals surface area contributed by atoms with Gasteiger partial charge in [-0.2, -0.15) is 0 Å². The van der Waals surface area contributed by atoms with Gasteiger partial charge in [0.1, 0.15) is 6.04 Å². The first-order chi connectivity index (χ1) is 18.5. The number of nitrogens with zero attached hydrogens (tertiary/aromatic N) is 1. The van der Waals surface area contributed by atoms with E-state index in [0.29, 0.717) is 6.54 Å². The number of ether oxygens (including phenoxy) is 2. The van der Waals surface area contributed by atoms with Gasteiger partial charge in [-0.15, -0.1) is 0 Å². The number of hydrogen-bond acceptors (Lipinski definition) is 5. The zero-order valence-electron chi connectivity index (χ0n) is 21.8. The largest absolute Gasteiger partial charge is 0.469 e. The van der Waals surface area contributed by atoms with E-state index in [4.69, 9.17) is 9.47 Å². The highest BCUT2D eigenvalue weighted by Gasteiger charge is 2.54. The lowest BCUT2D eigenvalue weighted by atomic mass is 9.76. The first kappa shape index (κ1) is 25.4. The number of carbonyl (C=O) groups is 2. The monoisotopic (exact) mass is 505 g/mol. The van der Waals surface area contributed by atoms with Crippen LogP contribution in [0.2, 0.25) is 0 Å². The van der Waals surface area contributed by atoms with Crippen LogP contribution in [-0.4, -0.2) is 37.1 Å². The first-order valence-electron chi connectivity index (χ1n) is 12.7. The van der Waals surface area contributed by atoms with Crippen LogP contribution in [0.4, 0.5) is 0 Å². The van der Waals surface area contributed by atoms with Crippen molar-refractivity contribution in [2.24, 2.45) is 5.92 Å². The zero-order valence-corrected chi connectivity index (χ0v) is 21.8. The molecular weight excluding hydrogens is 474 g/mol. The van der Waals surface area contributed by atoms with E-state index in [1.807, 2.05) is 72.8 Å². The fourth-order valence-electron chi connectivity index (χ4n) is 5.92. The summed E-state index contributed by atoms with van der Waals surface area (Å²) >= 11 is 0. The molecule has 0 saturated carbocycles. The SMILES string of the molecule is COC(=O)C(C)C(C(=O)OC)N(Cc1ccccc1)C1(c2ccccc2)c2ccccc2-c2ccccc21. The molecule has 1 aliphatic carbocycles. The lowest BCUT2D eigenvalue weighted by Crippen LogP contribution is -2.58. The van der Waals surface area contributed by atoms with Crippen LogP contribution in [0.15, 0.2) is 109 Å². The predicted molar refractivity (Wildman–Crippen MR) is 147 cm³/mol. The summed E-state index contributed by atoms with van der Waals surface area (Å²) in [6.07, 6.45) is 0. The van der Waals surface area contributed by atoms with E-state index in [9.17, 15) is 9.59 Å². The molecule has 0 saturated heterocycles. The van der Waals surface area contributed by atoms with Crippen LogP contribution >= 0.6 is 0 Å². The minimum absolute atomic E-state index is 0.388. The zero-order chi connectivity index (χ0) is 26.7. The molecule has 1 aliphatic rings. The van der Waals surface area contributed by atoms with Crippen molar-refractivity contribution in [2.45, 2.75) is 25.0 Å². The number of hydrogen-bond donors (Lipinski definition) is 0. The molecule has 2 unspecified atom stereocenters. The Morgan fingerprint density at radius 1 is 0.684 bits per heavy atom. The topological polar surface area (TPSA) is 55.8 Å². The predicted octanol–water partition coefficient (Wildman–Crippen LogP) is 5.81. The van der Waals surface area contributed by atoms with Gasteiger partial charge in [0.15, 0.2) is 0 Å². The van der Waals surface area contributed by atoms with Gasteiger partial charge in [-0.05, 0) is 40.3 Å². The highest BCUT2D eigenvalue weighted by molar-refractivity contribution is 5.87. The van der Waals surface area contributed by atoms with Gasteiger partial charge in [0.2, 0.25) is 0 Å². The van der Waals surface area contributed by atoms with E-state index in [2.05, 4.69) is 41.3 Å². The van der Waals surface area contributed by atoms with Crippen molar-refractivity contribution in [1.82, 2.24) is 4.90 Å². The van der Waals surface area contributed by atoms with Crippen LogP contribution in [-0.2, 0) is 31.1 Å². The fourth-order valence-corrected chi connectivity index (χ4v) is 5.92. The van der Waals surface area contributed by atoms with Crippen molar-refractivity contribution >= 4 is 11.9 Å². The molecular formula is C33H31NO4. The van der Waals surface area contributed by atoms with E-state index < -0.39 is 29.4 Å². The number of carbonyl (C=O) groups excluding carboxylic acids is 2. The lowest BCUT2D eigenvalue weighted by Gasteiger charge is -2.47. The highest BCUT2D eigenvalue weighted by atomic mass is 16.5. The molecule has 0 aliphatic heterocycles. The number of methoxy groups -OCH3 is 2. The molecule has 0 fully saturated rings. The van der Waals surface area contributed by atoms with E-state index in [-0.39, 0.29) is 0 Å². The van der Waals surface area contributed by atoms with Gasteiger partial charge in [0.25, 0.3) is 0 Å². The molecule has 0 N–H and O–H groups in total. The Morgan fingerprint density at radius 2 is 1.16 bits per heavy atom. The molecule has 5 rings (SSSR count). The van der Waals surface area contributed by atoms with Gasteiger partial charge in [0, 0.05) is 6.54 Å². The number of rotatable bonds is 8. The molecule has 0 spiro atoms. The second kappa shape index (κ2) is 10.6.